The second-order valence-corrected chi connectivity index (χ2v) is 5.54. The number of rotatable bonds is 4. The summed E-state index contributed by atoms with van der Waals surface area (Å²) in [4.78, 5) is 11.5. The Balaban J connectivity index is 2.32. The number of carboxylic acid groups (broad SMARTS) is 1. The van der Waals surface area contributed by atoms with Crippen LogP contribution in [-0.4, -0.2) is 11.1 Å². The molecule has 2 rings (SSSR count). The molecule has 4 heteroatoms. The minimum atomic E-state index is -0.841. The van der Waals surface area contributed by atoms with E-state index in [0.29, 0.717) is 11.4 Å². The highest BCUT2D eigenvalue weighted by Crippen LogP contribution is 2.28. The maximum Gasteiger partial charge on any atom is 0.311 e. The molecule has 2 aromatic rings. The summed E-state index contributed by atoms with van der Waals surface area (Å²) in [5, 5.41) is 10.0. The number of carbonyl (C=O) groups is 1. The first-order valence-electron chi connectivity index (χ1n) is 5.79. The lowest BCUT2D eigenvalue weighted by atomic mass is 9.92. The van der Waals surface area contributed by atoms with E-state index in [4.69, 9.17) is 11.6 Å². The Kier molecular flexibility index (Phi) is 4.61. The van der Waals surface area contributed by atoms with E-state index in [1.165, 1.54) is 0 Å². The fourth-order valence-electron chi connectivity index (χ4n) is 1.99. The molecule has 0 spiro atoms. The van der Waals surface area contributed by atoms with Gasteiger partial charge in [-0.05, 0) is 35.7 Å². The summed E-state index contributed by atoms with van der Waals surface area (Å²) >= 11 is 9.33. The predicted octanol–water partition coefficient (Wildman–Crippen LogP) is 4.51. The van der Waals surface area contributed by atoms with Gasteiger partial charge in [0.15, 0.2) is 0 Å². The molecule has 0 aliphatic heterocycles. The van der Waals surface area contributed by atoms with Crippen LogP contribution < -0.4 is 0 Å². The van der Waals surface area contributed by atoms with Crippen LogP contribution in [0.4, 0.5) is 0 Å². The lowest BCUT2D eigenvalue weighted by molar-refractivity contribution is -0.138. The quantitative estimate of drug-likeness (QED) is 0.889. The third kappa shape index (κ3) is 3.58. The normalized spacial score (nSPS) is 12.1. The number of hydrogen-bond donors (Lipinski definition) is 1. The smallest absolute Gasteiger partial charge is 0.311 e. The van der Waals surface area contributed by atoms with Crippen LogP contribution in [-0.2, 0) is 11.2 Å². The van der Waals surface area contributed by atoms with Crippen molar-refractivity contribution in [2.45, 2.75) is 12.3 Å². The molecule has 0 aromatic heterocycles. The van der Waals surface area contributed by atoms with E-state index in [2.05, 4.69) is 15.9 Å². The molecule has 1 N–H and O–H groups in total. The predicted molar refractivity (Wildman–Crippen MR) is 79.7 cm³/mol. The van der Waals surface area contributed by atoms with Gasteiger partial charge in [0.05, 0.1) is 5.92 Å². The van der Waals surface area contributed by atoms with E-state index >= 15 is 0 Å². The fourth-order valence-corrected chi connectivity index (χ4v) is 2.76. The van der Waals surface area contributed by atoms with Crippen molar-refractivity contribution in [1.29, 1.82) is 0 Å². The highest BCUT2D eigenvalue weighted by atomic mass is 79.9. The van der Waals surface area contributed by atoms with Crippen LogP contribution in [0.3, 0.4) is 0 Å². The van der Waals surface area contributed by atoms with E-state index in [-0.39, 0.29) is 0 Å². The average Bonchev–Trinajstić information content (AvgIpc) is 2.37. The summed E-state index contributed by atoms with van der Waals surface area (Å²) in [5.74, 6) is -1.43. The first kappa shape index (κ1) is 14.1. The third-order valence-electron chi connectivity index (χ3n) is 2.91. The van der Waals surface area contributed by atoms with Crippen LogP contribution in [0, 0.1) is 0 Å². The molecule has 0 saturated heterocycles. The van der Waals surface area contributed by atoms with Crippen LogP contribution in [0.25, 0.3) is 0 Å². The second-order valence-electron chi connectivity index (χ2n) is 4.25. The van der Waals surface area contributed by atoms with Gasteiger partial charge in [-0.25, -0.2) is 0 Å². The Morgan fingerprint density at radius 1 is 1.21 bits per heavy atom. The summed E-state index contributed by atoms with van der Waals surface area (Å²) < 4.78 is 0.810. The van der Waals surface area contributed by atoms with Crippen molar-refractivity contribution in [2.24, 2.45) is 0 Å². The lowest BCUT2D eigenvalue weighted by Crippen LogP contribution is -2.15. The Morgan fingerprint density at radius 3 is 2.58 bits per heavy atom. The molecule has 0 aliphatic carbocycles. The highest BCUT2D eigenvalue weighted by molar-refractivity contribution is 9.10. The Hall–Kier alpha value is -1.32. The van der Waals surface area contributed by atoms with Gasteiger partial charge in [-0.2, -0.15) is 0 Å². The maximum atomic E-state index is 11.5. The molecule has 0 aliphatic rings. The zero-order valence-electron chi connectivity index (χ0n) is 10.0. The summed E-state index contributed by atoms with van der Waals surface area (Å²) in [5.41, 5.74) is 1.69. The van der Waals surface area contributed by atoms with Crippen molar-refractivity contribution in [1.82, 2.24) is 0 Å². The zero-order valence-corrected chi connectivity index (χ0v) is 12.4. The summed E-state index contributed by atoms with van der Waals surface area (Å²) in [6.07, 6.45) is 0.415. The van der Waals surface area contributed by atoms with Crippen molar-refractivity contribution in [2.75, 3.05) is 0 Å². The van der Waals surface area contributed by atoms with E-state index in [1.54, 1.807) is 12.1 Å². The van der Waals surface area contributed by atoms with Crippen molar-refractivity contribution < 1.29 is 9.90 Å². The molecule has 0 fully saturated rings. The molecule has 1 unspecified atom stereocenters. The van der Waals surface area contributed by atoms with Crippen molar-refractivity contribution in [3.63, 3.8) is 0 Å². The van der Waals surface area contributed by atoms with E-state index < -0.39 is 11.9 Å². The van der Waals surface area contributed by atoms with Crippen LogP contribution in [0.5, 0.6) is 0 Å². The third-order valence-corrected chi connectivity index (χ3v) is 3.86. The number of carboxylic acids is 1. The number of benzene rings is 2. The van der Waals surface area contributed by atoms with Gasteiger partial charge in [-0.3, -0.25) is 4.79 Å². The van der Waals surface area contributed by atoms with Crippen molar-refractivity contribution >= 4 is 33.5 Å². The van der Waals surface area contributed by atoms with Crippen LogP contribution in [0.2, 0.25) is 5.02 Å². The van der Waals surface area contributed by atoms with E-state index in [0.717, 1.165) is 15.6 Å². The number of halogens is 2. The maximum absolute atomic E-state index is 11.5. The van der Waals surface area contributed by atoms with Gasteiger partial charge in [0, 0.05) is 9.50 Å². The Labute approximate surface area is 125 Å². The molecule has 0 radical (unpaired) electrons. The van der Waals surface area contributed by atoms with Gasteiger partial charge >= 0.3 is 5.97 Å². The SMILES string of the molecule is O=C(O)C(Cc1cccc(Cl)c1)c1ccccc1Br. The Bertz CT molecular complexity index is 598. The monoisotopic (exact) mass is 338 g/mol. The van der Waals surface area contributed by atoms with Gasteiger partial charge in [-0.1, -0.05) is 57.9 Å². The summed E-state index contributed by atoms with van der Waals surface area (Å²) in [6, 6.07) is 14.7. The molecule has 2 nitrogen and oxygen atoms in total. The molecule has 1 atom stereocenters. The summed E-state index contributed by atoms with van der Waals surface area (Å²) in [6.45, 7) is 0. The lowest BCUT2D eigenvalue weighted by Gasteiger charge is -2.14. The molecule has 98 valence electrons. The highest BCUT2D eigenvalue weighted by Gasteiger charge is 2.22. The van der Waals surface area contributed by atoms with Crippen LogP contribution in [0.15, 0.2) is 53.0 Å². The molecule has 0 saturated carbocycles. The van der Waals surface area contributed by atoms with Crippen LogP contribution >= 0.6 is 27.5 Å². The number of hydrogen-bond acceptors (Lipinski definition) is 1. The Morgan fingerprint density at radius 2 is 1.95 bits per heavy atom. The van der Waals surface area contributed by atoms with Gasteiger partial charge in [-0.15, -0.1) is 0 Å². The topological polar surface area (TPSA) is 37.3 Å². The second kappa shape index (κ2) is 6.22. The van der Waals surface area contributed by atoms with Crippen molar-refractivity contribution in [3.05, 3.63) is 69.2 Å². The molecule has 2 aromatic carbocycles. The van der Waals surface area contributed by atoms with Gasteiger partial charge in [0.1, 0.15) is 0 Å². The average molecular weight is 340 g/mol. The first-order chi connectivity index (χ1) is 9.08. The van der Waals surface area contributed by atoms with Crippen LogP contribution in [0.1, 0.15) is 17.0 Å². The van der Waals surface area contributed by atoms with E-state index in [9.17, 15) is 9.90 Å². The zero-order chi connectivity index (χ0) is 13.8. The summed E-state index contributed by atoms with van der Waals surface area (Å²) in [7, 11) is 0. The minimum absolute atomic E-state index is 0.415. The molecule has 0 amide bonds. The van der Waals surface area contributed by atoms with Crippen molar-refractivity contribution in [3.8, 4) is 0 Å². The van der Waals surface area contributed by atoms with E-state index in [1.807, 2.05) is 36.4 Å². The van der Waals surface area contributed by atoms with Gasteiger partial charge in [0.2, 0.25) is 0 Å². The molecule has 0 bridgehead atoms. The van der Waals surface area contributed by atoms with Gasteiger partial charge in [0.25, 0.3) is 0 Å². The van der Waals surface area contributed by atoms with Gasteiger partial charge < -0.3 is 5.11 Å². The molecular weight excluding hydrogens is 328 g/mol. The fraction of sp³-hybridized carbons (Fsp3) is 0.133. The first-order valence-corrected chi connectivity index (χ1v) is 6.96. The number of aliphatic carboxylic acids is 1. The minimum Gasteiger partial charge on any atom is -0.481 e. The molecular formula is C15H12BrClO2. The molecule has 19 heavy (non-hydrogen) atoms. The molecule has 0 heterocycles. The largest absolute Gasteiger partial charge is 0.481 e. The standard InChI is InChI=1S/C15H12BrClO2/c16-14-7-2-1-6-12(14)13(15(18)19)9-10-4-3-5-11(17)8-10/h1-8,13H,9H2,(H,18,19).